The summed E-state index contributed by atoms with van der Waals surface area (Å²) in [5.74, 6) is 1.11. The molecule has 3 heterocycles. The Bertz CT molecular complexity index is 1500. The van der Waals surface area contributed by atoms with Crippen LogP contribution in [0.25, 0.3) is 16.6 Å². The van der Waals surface area contributed by atoms with E-state index in [4.69, 9.17) is 4.98 Å². The van der Waals surface area contributed by atoms with E-state index < -0.39 is 0 Å². The molecule has 1 aliphatic heterocycles. The zero-order valence-corrected chi connectivity index (χ0v) is 22.7. The molecule has 2 aromatic heterocycles. The number of nitrogens with zero attached hydrogens (tertiary/aromatic N) is 6. The van der Waals surface area contributed by atoms with E-state index in [9.17, 15) is 4.79 Å². The molecule has 9 heteroatoms. The molecule has 2 N–H and O–H groups in total. The number of carbonyl (C=O) groups excluding carboxylic acids is 1. The van der Waals surface area contributed by atoms with Crippen LogP contribution in [0.2, 0.25) is 0 Å². The lowest BCUT2D eigenvalue weighted by Gasteiger charge is -2.20. The quantitative estimate of drug-likeness (QED) is 0.364. The van der Waals surface area contributed by atoms with Gasteiger partial charge in [-0.25, -0.2) is 19.9 Å². The van der Waals surface area contributed by atoms with Gasteiger partial charge >= 0.3 is 0 Å². The second kappa shape index (κ2) is 11.6. The first-order chi connectivity index (χ1) is 18.9. The Morgan fingerprint density at radius 2 is 1.79 bits per heavy atom. The lowest BCUT2D eigenvalue weighted by atomic mass is 10.1. The van der Waals surface area contributed by atoms with E-state index >= 15 is 0 Å². The topological polar surface area (TPSA) is 99.2 Å². The molecule has 0 saturated carbocycles. The van der Waals surface area contributed by atoms with E-state index in [1.54, 1.807) is 6.20 Å². The molecular weight excluding hydrogens is 488 g/mol. The van der Waals surface area contributed by atoms with Gasteiger partial charge in [0.05, 0.1) is 6.20 Å². The number of anilines is 3. The Morgan fingerprint density at radius 1 is 1.00 bits per heavy atom. The van der Waals surface area contributed by atoms with E-state index in [2.05, 4.69) is 49.0 Å². The lowest BCUT2D eigenvalue weighted by Crippen LogP contribution is -2.30. The average Bonchev–Trinajstić information content (AvgIpc) is 3.17. The Hall–Kier alpha value is -4.37. The van der Waals surface area contributed by atoms with Crippen LogP contribution in [-0.2, 0) is 6.54 Å². The van der Waals surface area contributed by atoms with Gasteiger partial charge in [-0.05, 0) is 62.7 Å². The minimum atomic E-state index is -0.148. The van der Waals surface area contributed by atoms with Crippen LogP contribution in [-0.4, -0.2) is 64.0 Å². The summed E-state index contributed by atoms with van der Waals surface area (Å²) in [5.41, 5.74) is 6.76. The molecule has 39 heavy (non-hydrogen) atoms. The maximum Gasteiger partial charge on any atom is 0.251 e. The number of nitrogens with one attached hydrogen (secondary N) is 2. The number of benzene rings is 2. The summed E-state index contributed by atoms with van der Waals surface area (Å²) in [5, 5.41) is 6.41. The smallest absolute Gasteiger partial charge is 0.251 e. The van der Waals surface area contributed by atoms with Crippen LogP contribution in [0.1, 0.15) is 40.4 Å². The van der Waals surface area contributed by atoms with E-state index in [1.165, 1.54) is 6.33 Å². The number of allylic oxidation sites excluding steroid dienone is 1. The van der Waals surface area contributed by atoms with Crippen LogP contribution in [0, 0.1) is 6.92 Å². The summed E-state index contributed by atoms with van der Waals surface area (Å²) in [7, 11) is 2.14. The first kappa shape index (κ1) is 26.2. The van der Waals surface area contributed by atoms with Crippen molar-refractivity contribution in [1.29, 1.82) is 0 Å². The minimum Gasteiger partial charge on any atom is -0.348 e. The number of hydrogen-bond donors (Lipinski definition) is 2. The van der Waals surface area contributed by atoms with Crippen molar-refractivity contribution < 1.29 is 4.79 Å². The highest BCUT2D eigenvalue weighted by atomic mass is 16.1. The summed E-state index contributed by atoms with van der Waals surface area (Å²) < 4.78 is 0. The Balaban J connectivity index is 1.34. The third-order valence-electron chi connectivity index (χ3n) is 7.02. The normalized spacial score (nSPS) is 14.2. The highest BCUT2D eigenvalue weighted by molar-refractivity contribution is 5.96. The highest BCUT2D eigenvalue weighted by Gasteiger charge is 2.17. The monoisotopic (exact) mass is 522 g/mol. The largest absolute Gasteiger partial charge is 0.348 e. The molecule has 1 saturated heterocycles. The number of aromatic nitrogens is 4. The van der Waals surface area contributed by atoms with Crippen LogP contribution in [0.3, 0.4) is 0 Å². The number of likely N-dealkylation sites (N-methyl/N-ethyl adjacent to an activating group) is 1. The van der Waals surface area contributed by atoms with Crippen molar-refractivity contribution in [3.8, 4) is 0 Å². The van der Waals surface area contributed by atoms with E-state index in [0.29, 0.717) is 34.9 Å². The molecule has 0 atom stereocenters. The zero-order valence-electron chi connectivity index (χ0n) is 22.7. The van der Waals surface area contributed by atoms with Crippen LogP contribution >= 0.6 is 0 Å². The molecule has 0 radical (unpaired) electrons. The molecule has 9 nitrogen and oxygen atoms in total. The Morgan fingerprint density at radius 3 is 2.59 bits per heavy atom. The number of rotatable bonds is 7. The molecule has 1 amide bonds. The first-order valence-electron chi connectivity index (χ1n) is 13.2. The Kier molecular flexibility index (Phi) is 7.79. The molecule has 4 aromatic rings. The van der Waals surface area contributed by atoms with Gasteiger partial charge in [0.1, 0.15) is 17.4 Å². The predicted octanol–water partition coefficient (Wildman–Crippen LogP) is 4.58. The summed E-state index contributed by atoms with van der Waals surface area (Å²) in [6, 6.07) is 13.6. The van der Waals surface area contributed by atoms with Crippen molar-refractivity contribution in [2.75, 3.05) is 43.4 Å². The number of carbonyl (C=O) groups is 1. The van der Waals surface area contributed by atoms with Gasteiger partial charge in [-0.2, -0.15) is 0 Å². The summed E-state index contributed by atoms with van der Waals surface area (Å²) in [6.07, 6.45) is 4.31. The third-order valence-corrected chi connectivity index (χ3v) is 7.02. The highest BCUT2D eigenvalue weighted by Crippen LogP contribution is 2.26. The maximum atomic E-state index is 13.0. The van der Waals surface area contributed by atoms with E-state index in [0.717, 1.165) is 60.6 Å². The van der Waals surface area contributed by atoms with Gasteiger partial charge in [-0.3, -0.25) is 4.79 Å². The molecular formula is C30H34N8O. The predicted molar refractivity (Wildman–Crippen MR) is 156 cm³/mol. The third kappa shape index (κ3) is 6.21. The van der Waals surface area contributed by atoms with Crippen LogP contribution in [0.5, 0.6) is 0 Å². The molecule has 2 aromatic carbocycles. The van der Waals surface area contributed by atoms with Crippen LogP contribution in [0.15, 0.2) is 61.6 Å². The van der Waals surface area contributed by atoms with Gasteiger partial charge < -0.3 is 20.4 Å². The molecule has 0 aliphatic carbocycles. The van der Waals surface area contributed by atoms with Crippen molar-refractivity contribution in [2.24, 2.45) is 0 Å². The van der Waals surface area contributed by atoms with Gasteiger partial charge in [0.25, 0.3) is 5.91 Å². The zero-order chi connectivity index (χ0) is 27.4. The van der Waals surface area contributed by atoms with Gasteiger partial charge in [-0.15, -0.1) is 0 Å². The lowest BCUT2D eigenvalue weighted by molar-refractivity contribution is 0.0951. The SMILES string of the molecule is C=C(C)c1ccc(CNC(=O)c2ccc(C)c(Nc3ncnc4cnc(N5CCCN(C)CC5)nc34)c2)cc1. The summed E-state index contributed by atoms with van der Waals surface area (Å²) in [4.78, 5) is 35.8. The molecule has 0 unspecified atom stereocenters. The number of hydrogen-bond acceptors (Lipinski definition) is 8. The van der Waals surface area contributed by atoms with Crippen molar-refractivity contribution >= 4 is 40.0 Å². The fourth-order valence-corrected chi connectivity index (χ4v) is 4.55. The second-order valence-electron chi connectivity index (χ2n) is 10.1. The second-order valence-corrected chi connectivity index (χ2v) is 10.1. The fraction of sp³-hybridized carbons (Fsp3) is 0.300. The molecule has 0 bridgehead atoms. The molecule has 1 fully saturated rings. The number of aryl methyl sites for hydroxylation is 1. The maximum absolute atomic E-state index is 13.0. The molecule has 5 rings (SSSR count). The summed E-state index contributed by atoms with van der Waals surface area (Å²) >= 11 is 0. The van der Waals surface area contributed by atoms with Gasteiger partial charge in [0.2, 0.25) is 5.95 Å². The number of amides is 1. The fourth-order valence-electron chi connectivity index (χ4n) is 4.55. The Labute approximate surface area is 229 Å². The van der Waals surface area contributed by atoms with E-state index in [1.807, 2.05) is 56.3 Å². The standard InChI is InChI=1S/C30H34N8O/c1-20(2)23-10-7-22(8-11-23)17-31-29(39)24-9-6-21(3)25(16-24)35-28-27-26(33-19-34-28)18-32-30(36-27)38-13-5-12-37(4)14-15-38/h6-11,16,18-19H,1,5,12-15,17H2,2-4H3,(H,31,39)(H,33,34,35). The molecule has 0 spiro atoms. The molecule has 200 valence electrons. The van der Waals surface area contributed by atoms with Crippen molar-refractivity contribution in [1.82, 2.24) is 30.2 Å². The molecule has 1 aliphatic rings. The summed E-state index contributed by atoms with van der Waals surface area (Å²) in [6.45, 7) is 12.2. The average molecular weight is 523 g/mol. The van der Waals surface area contributed by atoms with Crippen molar-refractivity contribution in [3.05, 3.63) is 83.8 Å². The van der Waals surface area contributed by atoms with Crippen molar-refractivity contribution in [3.63, 3.8) is 0 Å². The van der Waals surface area contributed by atoms with Gasteiger partial charge in [0.15, 0.2) is 5.82 Å². The minimum absolute atomic E-state index is 0.148. The van der Waals surface area contributed by atoms with Gasteiger partial charge in [-0.1, -0.05) is 42.5 Å². The van der Waals surface area contributed by atoms with Crippen LogP contribution < -0.4 is 15.5 Å². The van der Waals surface area contributed by atoms with Crippen molar-refractivity contribution in [2.45, 2.75) is 26.8 Å². The van der Waals surface area contributed by atoms with Gasteiger partial charge in [0, 0.05) is 37.4 Å². The first-order valence-corrected chi connectivity index (χ1v) is 13.2. The van der Waals surface area contributed by atoms with E-state index in [-0.39, 0.29) is 5.91 Å². The van der Waals surface area contributed by atoms with Crippen LogP contribution in [0.4, 0.5) is 17.5 Å². The number of fused-ring (bicyclic) bond motifs is 1.